The first-order valence-electron chi connectivity index (χ1n) is 6.95. The largest absolute Gasteiger partial charge is 0.497 e. The average molecular weight is 289 g/mol. The molecule has 0 aliphatic carbocycles. The summed E-state index contributed by atoms with van der Waals surface area (Å²) in [4.78, 5) is 0. The summed E-state index contributed by atoms with van der Waals surface area (Å²) >= 11 is 0. The Bertz CT molecular complexity index is 574. The number of nitrogens with two attached hydrogens (primary N) is 1. The number of hydrogen-bond acceptors (Lipinski definition) is 3. The van der Waals surface area contributed by atoms with Gasteiger partial charge in [0, 0.05) is 6.07 Å². The smallest absolute Gasteiger partial charge is 0.126 e. The van der Waals surface area contributed by atoms with E-state index < -0.39 is 0 Å². The predicted octanol–water partition coefficient (Wildman–Crippen LogP) is 3.35. The van der Waals surface area contributed by atoms with Gasteiger partial charge in [-0.05, 0) is 48.7 Å². The Hall–Kier alpha value is -2.07. The van der Waals surface area contributed by atoms with Gasteiger partial charge in [-0.15, -0.1) is 0 Å². The van der Waals surface area contributed by atoms with Crippen LogP contribution in [0.5, 0.6) is 11.5 Å². The van der Waals surface area contributed by atoms with Gasteiger partial charge >= 0.3 is 0 Å². The minimum absolute atomic E-state index is 0.189. The van der Waals surface area contributed by atoms with Crippen molar-refractivity contribution >= 4 is 0 Å². The lowest BCUT2D eigenvalue weighted by Crippen LogP contribution is -2.15. The summed E-state index contributed by atoms with van der Waals surface area (Å²) < 4.78 is 23.8. The topological polar surface area (TPSA) is 44.5 Å². The molecule has 1 atom stereocenters. The van der Waals surface area contributed by atoms with Crippen LogP contribution in [0.1, 0.15) is 17.9 Å². The summed E-state index contributed by atoms with van der Waals surface area (Å²) in [6, 6.07) is 14.0. The third-order valence-electron chi connectivity index (χ3n) is 3.38. The highest BCUT2D eigenvalue weighted by Gasteiger charge is 2.11. The first-order chi connectivity index (χ1) is 10.2. The van der Waals surface area contributed by atoms with E-state index in [1.807, 2.05) is 24.3 Å². The standard InChI is InChI=1S/C17H20FNO2/c1-20-16-6-2-4-13(10-16)14(12-19)8-9-21-17-7-3-5-15(18)11-17/h2-7,10-11,14H,8-9,12,19H2,1H3. The maximum absolute atomic E-state index is 13.1. The molecule has 4 heteroatoms. The Kier molecular flexibility index (Phi) is 5.58. The molecule has 0 saturated heterocycles. The van der Waals surface area contributed by atoms with E-state index in [0.29, 0.717) is 18.9 Å². The second-order valence-electron chi connectivity index (χ2n) is 4.80. The number of hydrogen-bond donors (Lipinski definition) is 1. The molecule has 2 N–H and O–H groups in total. The van der Waals surface area contributed by atoms with Crippen LogP contribution in [-0.4, -0.2) is 20.3 Å². The Balaban J connectivity index is 1.93. The molecule has 0 spiro atoms. The van der Waals surface area contributed by atoms with Gasteiger partial charge in [0.1, 0.15) is 17.3 Å². The van der Waals surface area contributed by atoms with Crippen LogP contribution in [0.25, 0.3) is 0 Å². The van der Waals surface area contributed by atoms with Crippen LogP contribution in [0.2, 0.25) is 0 Å². The van der Waals surface area contributed by atoms with Crippen molar-refractivity contribution in [3.63, 3.8) is 0 Å². The lowest BCUT2D eigenvalue weighted by molar-refractivity contribution is 0.297. The fourth-order valence-electron chi connectivity index (χ4n) is 2.19. The minimum atomic E-state index is -0.296. The second-order valence-corrected chi connectivity index (χ2v) is 4.80. The van der Waals surface area contributed by atoms with Crippen LogP contribution in [0, 0.1) is 5.82 Å². The fourth-order valence-corrected chi connectivity index (χ4v) is 2.19. The van der Waals surface area contributed by atoms with Gasteiger partial charge in [0.2, 0.25) is 0 Å². The molecule has 0 saturated carbocycles. The highest BCUT2D eigenvalue weighted by atomic mass is 19.1. The quantitative estimate of drug-likeness (QED) is 0.850. The van der Waals surface area contributed by atoms with Crippen LogP contribution in [0.4, 0.5) is 4.39 Å². The van der Waals surface area contributed by atoms with Crippen molar-refractivity contribution in [3.8, 4) is 11.5 Å². The molecule has 0 amide bonds. The van der Waals surface area contributed by atoms with Gasteiger partial charge < -0.3 is 15.2 Å². The molecule has 0 bridgehead atoms. The van der Waals surface area contributed by atoms with Crippen molar-refractivity contribution in [1.29, 1.82) is 0 Å². The van der Waals surface area contributed by atoms with Gasteiger partial charge in [0.15, 0.2) is 0 Å². The zero-order valence-electron chi connectivity index (χ0n) is 12.1. The summed E-state index contributed by atoms with van der Waals surface area (Å²) in [6.07, 6.45) is 0.764. The van der Waals surface area contributed by atoms with Crippen molar-refractivity contribution in [1.82, 2.24) is 0 Å². The Labute approximate surface area is 124 Å². The normalized spacial score (nSPS) is 12.0. The van der Waals surface area contributed by atoms with E-state index in [1.54, 1.807) is 19.2 Å². The lowest BCUT2D eigenvalue weighted by Gasteiger charge is -2.16. The van der Waals surface area contributed by atoms with Crippen molar-refractivity contribution in [3.05, 3.63) is 59.9 Å². The van der Waals surface area contributed by atoms with Gasteiger partial charge in [-0.3, -0.25) is 0 Å². The van der Waals surface area contributed by atoms with Crippen molar-refractivity contribution in [2.75, 3.05) is 20.3 Å². The van der Waals surface area contributed by atoms with Gasteiger partial charge in [-0.1, -0.05) is 18.2 Å². The van der Waals surface area contributed by atoms with Crippen molar-refractivity contribution in [2.24, 2.45) is 5.73 Å². The summed E-state index contributed by atoms with van der Waals surface area (Å²) in [5, 5.41) is 0. The molecular weight excluding hydrogens is 269 g/mol. The fraction of sp³-hybridized carbons (Fsp3) is 0.294. The number of ether oxygens (including phenoxy) is 2. The minimum Gasteiger partial charge on any atom is -0.497 e. The average Bonchev–Trinajstić information content (AvgIpc) is 2.52. The molecule has 0 aromatic heterocycles. The molecule has 2 rings (SSSR count). The van der Waals surface area contributed by atoms with Crippen LogP contribution in [-0.2, 0) is 0 Å². The van der Waals surface area contributed by atoms with Crippen LogP contribution in [0.3, 0.4) is 0 Å². The van der Waals surface area contributed by atoms with Crippen LogP contribution >= 0.6 is 0 Å². The molecule has 0 fully saturated rings. The highest BCUT2D eigenvalue weighted by molar-refractivity contribution is 5.31. The maximum Gasteiger partial charge on any atom is 0.126 e. The lowest BCUT2D eigenvalue weighted by atomic mass is 9.96. The van der Waals surface area contributed by atoms with E-state index in [4.69, 9.17) is 15.2 Å². The van der Waals surface area contributed by atoms with Gasteiger partial charge in [0.25, 0.3) is 0 Å². The summed E-state index contributed by atoms with van der Waals surface area (Å²) in [7, 11) is 1.64. The predicted molar refractivity (Wildman–Crippen MR) is 81.3 cm³/mol. The summed E-state index contributed by atoms with van der Waals surface area (Å²) in [6.45, 7) is 1.02. The van der Waals surface area contributed by atoms with Crippen molar-refractivity contribution < 1.29 is 13.9 Å². The van der Waals surface area contributed by atoms with Crippen LogP contribution < -0.4 is 15.2 Å². The highest BCUT2D eigenvalue weighted by Crippen LogP contribution is 2.23. The summed E-state index contributed by atoms with van der Waals surface area (Å²) in [5.41, 5.74) is 6.97. The molecular formula is C17H20FNO2. The number of methoxy groups -OCH3 is 1. The molecule has 0 heterocycles. The third-order valence-corrected chi connectivity index (χ3v) is 3.38. The van der Waals surface area contributed by atoms with Gasteiger partial charge in [0.05, 0.1) is 13.7 Å². The van der Waals surface area contributed by atoms with Gasteiger partial charge in [-0.25, -0.2) is 4.39 Å². The van der Waals surface area contributed by atoms with E-state index in [1.165, 1.54) is 12.1 Å². The third kappa shape index (κ3) is 4.46. The molecule has 21 heavy (non-hydrogen) atoms. The number of halogens is 1. The van der Waals surface area contributed by atoms with Crippen LogP contribution in [0.15, 0.2) is 48.5 Å². The van der Waals surface area contributed by atoms with E-state index in [9.17, 15) is 4.39 Å². The van der Waals surface area contributed by atoms with E-state index >= 15 is 0 Å². The Morgan fingerprint density at radius 1 is 1.10 bits per heavy atom. The number of benzene rings is 2. The van der Waals surface area contributed by atoms with Crippen molar-refractivity contribution in [2.45, 2.75) is 12.3 Å². The maximum atomic E-state index is 13.1. The van der Waals surface area contributed by atoms with Gasteiger partial charge in [-0.2, -0.15) is 0 Å². The SMILES string of the molecule is COc1cccc(C(CN)CCOc2cccc(F)c2)c1. The first-order valence-corrected chi connectivity index (χ1v) is 6.95. The van der Waals surface area contributed by atoms with E-state index in [-0.39, 0.29) is 11.7 Å². The van der Waals surface area contributed by atoms with E-state index in [0.717, 1.165) is 17.7 Å². The molecule has 0 aliphatic rings. The molecule has 3 nitrogen and oxygen atoms in total. The second kappa shape index (κ2) is 7.64. The number of rotatable bonds is 7. The molecule has 0 radical (unpaired) electrons. The molecule has 2 aromatic rings. The zero-order valence-corrected chi connectivity index (χ0v) is 12.1. The molecule has 112 valence electrons. The Morgan fingerprint density at radius 3 is 2.57 bits per heavy atom. The molecule has 0 aliphatic heterocycles. The molecule has 2 aromatic carbocycles. The molecule has 1 unspecified atom stereocenters. The Morgan fingerprint density at radius 2 is 1.86 bits per heavy atom. The summed E-state index contributed by atoms with van der Waals surface area (Å²) in [5.74, 6) is 1.25. The first kappa shape index (κ1) is 15.3. The van der Waals surface area contributed by atoms with E-state index in [2.05, 4.69) is 0 Å². The monoisotopic (exact) mass is 289 g/mol. The zero-order chi connectivity index (χ0) is 15.1.